The van der Waals surface area contributed by atoms with E-state index in [2.05, 4.69) is 13.8 Å². The van der Waals surface area contributed by atoms with E-state index in [1.54, 1.807) is 7.11 Å². The van der Waals surface area contributed by atoms with Crippen LogP contribution in [0.25, 0.3) is 0 Å². The summed E-state index contributed by atoms with van der Waals surface area (Å²) in [6.07, 6.45) is 0. The summed E-state index contributed by atoms with van der Waals surface area (Å²) in [6.45, 7) is 7.15. The van der Waals surface area contributed by atoms with Gasteiger partial charge >= 0.3 is 0 Å². The van der Waals surface area contributed by atoms with Crippen LogP contribution in [0, 0.1) is 11.3 Å². The second-order valence-electron chi connectivity index (χ2n) is 3.51. The number of methoxy groups -OCH3 is 1. The molecule has 1 unspecified atom stereocenters. The third-order valence-corrected chi connectivity index (χ3v) is 2.12. The molecule has 2 heteroatoms. The maximum Gasteiger partial charge on any atom is 0.0516 e. The number of ether oxygens (including phenoxy) is 1. The molecule has 1 N–H and O–H groups in total. The first-order valence-corrected chi connectivity index (χ1v) is 3.64. The summed E-state index contributed by atoms with van der Waals surface area (Å²) in [5, 5.41) is 8.84. The molecule has 10 heavy (non-hydrogen) atoms. The fourth-order valence-corrected chi connectivity index (χ4v) is 0.761. The minimum absolute atomic E-state index is 0.0868. The Morgan fingerprint density at radius 3 is 2.30 bits per heavy atom. The quantitative estimate of drug-likeness (QED) is 0.647. The van der Waals surface area contributed by atoms with Crippen molar-refractivity contribution < 1.29 is 9.84 Å². The van der Waals surface area contributed by atoms with Gasteiger partial charge in [0.15, 0.2) is 0 Å². The van der Waals surface area contributed by atoms with Gasteiger partial charge in [0, 0.05) is 13.7 Å². The highest BCUT2D eigenvalue weighted by Gasteiger charge is 2.24. The second kappa shape index (κ2) is 3.94. The Bertz CT molecular complexity index is 89.3. The van der Waals surface area contributed by atoms with Gasteiger partial charge in [-0.3, -0.25) is 0 Å². The van der Waals surface area contributed by atoms with Crippen LogP contribution in [0.2, 0.25) is 0 Å². The normalized spacial score (nSPS) is 15.3. The molecule has 0 saturated heterocycles. The Hall–Kier alpha value is -0.0800. The third kappa shape index (κ3) is 2.67. The van der Waals surface area contributed by atoms with Gasteiger partial charge in [-0.05, 0) is 11.3 Å². The van der Waals surface area contributed by atoms with Gasteiger partial charge in [0.2, 0.25) is 0 Å². The van der Waals surface area contributed by atoms with Crippen molar-refractivity contribution in [1.29, 1.82) is 0 Å². The predicted molar refractivity (Wildman–Crippen MR) is 41.9 cm³/mol. The highest BCUT2D eigenvalue weighted by Crippen LogP contribution is 2.25. The molecule has 0 aromatic heterocycles. The number of hydrogen-bond acceptors (Lipinski definition) is 2. The smallest absolute Gasteiger partial charge is 0.0516 e. The van der Waals surface area contributed by atoms with E-state index in [-0.39, 0.29) is 12.0 Å². The minimum atomic E-state index is 0.0868. The summed E-state index contributed by atoms with van der Waals surface area (Å²) in [5.41, 5.74) is 0.0868. The van der Waals surface area contributed by atoms with Crippen LogP contribution in [0.4, 0.5) is 0 Å². The van der Waals surface area contributed by atoms with E-state index in [0.29, 0.717) is 12.5 Å². The van der Waals surface area contributed by atoms with Gasteiger partial charge in [-0.15, -0.1) is 0 Å². The van der Waals surface area contributed by atoms with Gasteiger partial charge in [-0.25, -0.2) is 0 Å². The molecule has 0 fully saturated rings. The second-order valence-corrected chi connectivity index (χ2v) is 3.51. The van der Waals surface area contributed by atoms with Crippen molar-refractivity contribution in [2.24, 2.45) is 11.3 Å². The lowest BCUT2D eigenvalue weighted by Crippen LogP contribution is -2.29. The minimum Gasteiger partial charge on any atom is -0.396 e. The molecular weight excluding hydrogens is 128 g/mol. The van der Waals surface area contributed by atoms with Gasteiger partial charge in [0.05, 0.1) is 6.61 Å². The summed E-state index contributed by atoms with van der Waals surface area (Å²) in [6, 6.07) is 0. The van der Waals surface area contributed by atoms with Crippen LogP contribution < -0.4 is 0 Å². The molecule has 0 bridgehead atoms. The fraction of sp³-hybridized carbons (Fsp3) is 1.00. The topological polar surface area (TPSA) is 29.5 Å². The van der Waals surface area contributed by atoms with Crippen molar-refractivity contribution in [3.63, 3.8) is 0 Å². The molecule has 1 atom stereocenters. The molecule has 0 aliphatic heterocycles. The van der Waals surface area contributed by atoms with Crippen LogP contribution in [0.1, 0.15) is 20.8 Å². The lowest BCUT2D eigenvalue weighted by molar-refractivity contribution is 0.0403. The monoisotopic (exact) mass is 146 g/mol. The molecule has 0 saturated carbocycles. The Balaban J connectivity index is 3.82. The van der Waals surface area contributed by atoms with Crippen molar-refractivity contribution in [3.05, 3.63) is 0 Å². The van der Waals surface area contributed by atoms with Gasteiger partial charge in [-0.2, -0.15) is 0 Å². The molecule has 62 valence electrons. The average molecular weight is 146 g/mol. The Kier molecular flexibility index (Phi) is 3.91. The summed E-state index contributed by atoms with van der Waals surface area (Å²) in [4.78, 5) is 0. The number of rotatable bonds is 4. The maximum atomic E-state index is 8.84. The van der Waals surface area contributed by atoms with Gasteiger partial charge in [-0.1, -0.05) is 20.8 Å². The van der Waals surface area contributed by atoms with E-state index in [0.717, 1.165) is 0 Å². The van der Waals surface area contributed by atoms with Crippen molar-refractivity contribution >= 4 is 0 Å². The number of aliphatic hydroxyl groups excluding tert-OH is 1. The highest BCUT2D eigenvalue weighted by molar-refractivity contribution is 4.73. The van der Waals surface area contributed by atoms with Gasteiger partial charge in [0.25, 0.3) is 0 Å². The first-order chi connectivity index (χ1) is 4.54. The third-order valence-electron chi connectivity index (χ3n) is 2.12. The maximum absolute atomic E-state index is 8.84. The molecule has 0 radical (unpaired) electrons. The molecule has 0 aromatic carbocycles. The summed E-state index contributed by atoms with van der Waals surface area (Å²) in [5.74, 6) is 0.299. The summed E-state index contributed by atoms with van der Waals surface area (Å²) < 4.78 is 5.02. The zero-order valence-electron chi connectivity index (χ0n) is 7.35. The van der Waals surface area contributed by atoms with Crippen LogP contribution in [0.5, 0.6) is 0 Å². The average Bonchev–Trinajstić information content (AvgIpc) is 1.86. The SMILES string of the molecule is COCC(C)(C)C(C)CO. The van der Waals surface area contributed by atoms with E-state index in [1.807, 2.05) is 6.92 Å². The summed E-state index contributed by atoms with van der Waals surface area (Å²) >= 11 is 0. The van der Waals surface area contributed by atoms with E-state index in [4.69, 9.17) is 9.84 Å². The molecule has 0 aromatic rings. The molecule has 0 rings (SSSR count). The Labute approximate surface area is 63.2 Å². The standard InChI is InChI=1S/C8H18O2/c1-7(5-9)8(2,3)6-10-4/h7,9H,5-6H2,1-4H3. The Morgan fingerprint density at radius 1 is 1.50 bits per heavy atom. The molecule has 0 heterocycles. The van der Waals surface area contributed by atoms with E-state index in [9.17, 15) is 0 Å². The Morgan fingerprint density at radius 2 is 2.00 bits per heavy atom. The van der Waals surface area contributed by atoms with Gasteiger partial charge < -0.3 is 9.84 Å². The van der Waals surface area contributed by atoms with Gasteiger partial charge in [0.1, 0.15) is 0 Å². The van der Waals surface area contributed by atoms with E-state index >= 15 is 0 Å². The van der Waals surface area contributed by atoms with Crippen molar-refractivity contribution in [2.75, 3.05) is 20.3 Å². The van der Waals surface area contributed by atoms with Crippen molar-refractivity contribution in [2.45, 2.75) is 20.8 Å². The molecule has 0 aliphatic carbocycles. The van der Waals surface area contributed by atoms with Crippen LogP contribution >= 0.6 is 0 Å². The lowest BCUT2D eigenvalue weighted by atomic mass is 9.81. The van der Waals surface area contributed by atoms with E-state index in [1.165, 1.54) is 0 Å². The van der Waals surface area contributed by atoms with Crippen LogP contribution in [0.15, 0.2) is 0 Å². The molecule has 0 aliphatic rings. The number of aliphatic hydroxyl groups is 1. The van der Waals surface area contributed by atoms with Crippen LogP contribution in [0.3, 0.4) is 0 Å². The fourth-order valence-electron chi connectivity index (χ4n) is 0.761. The van der Waals surface area contributed by atoms with Crippen molar-refractivity contribution in [3.8, 4) is 0 Å². The first kappa shape index (κ1) is 9.92. The first-order valence-electron chi connectivity index (χ1n) is 3.64. The van der Waals surface area contributed by atoms with E-state index < -0.39 is 0 Å². The zero-order chi connectivity index (χ0) is 8.20. The lowest BCUT2D eigenvalue weighted by Gasteiger charge is -2.29. The molecule has 0 spiro atoms. The zero-order valence-corrected chi connectivity index (χ0v) is 7.35. The van der Waals surface area contributed by atoms with Crippen LogP contribution in [-0.2, 0) is 4.74 Å². The molecule has 0 amide bonds. The molecular formula is C8H18O2. The molecule has 2 nitrogen and oxygen atoms in total. The predicted octanol–water partition coefficient (Wildman–Crippen LogP) is 1.29. The van der Waals surface area contributed by atoms with Crippen molar-refractivity contribution in [1.82, 2.24) is 0 Å². The largest absolute Gasteiger partial charge is 0.396 e. The summed E-state index contributed by atoms with van der Waals surface area (Å²) in [7, 11) is 1.69. The highest BCUT2D eigenvalue weighted by atomic mass is 16.5. The van der Waals surface area contributed by atoms with Crippen LogP contribution in [-0.4, -0.2) is 25.4 Å². The number of hydrogen-bond donors (Lipinski definition) is 1.